The zero-order valence-electron chi connectivity index (χ0n) is 21.6. The topological polar surface area (TPSA) is 104 Å². The van der Waals surface area contributed by atoms with Gasteiger partial charge < -0.3 is 9.64 Å². The first kappa shape index (κ1) is 27.8. The van der Waals surface area contributed by atoms with E-state index in [-0.39, 0.29) is 12.0 Å². The molecule has 2 aromatic carbocycles. The third-order valence-electron chi connectivity index (χ3n) is 7.38. The van der Waals surface area contributed by atoms with Crippen LogP contribution in [-0.2, 0) is 32.9 Å². The molecular formula is C29H22F4N4O4. The van der Waals surface area contributed by atoms with Gasteiger partial charge in [0.1, 0.15) is 24.5 Å². The number of rotatable bonds is 6. The lowest BCUT2D eigenvalue weighted by Gasteiger charge is -2.31. The summed E-state index contributed by atoms with van der Waals surface area (Å²) in [4.78, 5) is 44.7. The number of ether oxygens (including phenoxy) is 1. The molecule has 2 atom stereocenters. The maximum Gasteiger partial charge on any atom is 0.418 e. The second kappa shape index (κ2) is 10.3. The van der Waals surface area contributed by atoms with Crippen LogP contribution in [0.2, 0.25) is 0 Å². The first-order chi connectivity index (χ1) is 19.4. The van der Waals surface area contributed by atoms with Crippen LogP contribution in [0.4, 0.5) is 22.4 Å². The summed E-state index contributed by atoms with van der Waals surface area (Å²) in [5.74, 6) is -2.56. The number of carbonyl (C=O) groups is 3. The minimum Gasteiger partial charge on any atom is -0.427 e. The van der Waals surface area contributed by atoms with E-state index in [1.54, 1.807) is 30.5 Å². The lowest BCUT2D eigenvalue weighted by atomic mass is 9.93. The molecule has 3 aromatic rings. The molecule has 41 heavy (non-hydrogen) atoms. The third-order valence-corrected chi connectivity index (χ3v) is 7.38. The number of nitriles is 1. The van der Waals surface area contributed by atoms with Gasteiger partial charge in [0.15, 0.2) is 0 Å². The summed E-state index contributed by atoms with van der Waals surface area (Å²) in [6.45, 7) is -0.684. The average Bonchev–Trinajstić information content (AvgIpc) is 3.43. The van der Waals surface area contributed by atoms with E-state index in [9.17, 15) is 31.9 Å². The summed E-state index contributed by atoms with van der Waals surface area (Å²) in [6.07, 6.45) is -2.47. The predicted molar refractivity (Wildman–Crippen MR) is 135 cm³/mol. The van der Waals surface area contributed by atoms with Gasteiger partial charge in [-0.05, 0) is 48.2 Å². The van der Waals surface area contributed by atoms with Crippen LogP contribution in [0.1, 0.15) is 35.6 Å². The van der Waals surface area contributed by atoms with Crippen molar-refractivity contribution in [1.82, 2.24) is 14.8 Å². The summed E-state index contributed by atoms with van der Waals surface area (Å²) in [5, 5.41) is 9.16. The second-order valence-electron chi connectivity index (χ2n) is 9.90. The predicted octanol–water partition coefficient (Wildman–Crippen LogP) is 4.86. The molecule has 210 valence electrons. The summed E-state index contributed by atoms with van der Waals surface area (Å²) in [5.41, 5.74) is 1.44. The molecule has 3 amide bonds. The van der Waals surface area contributed by atoms with Crippen molar-refractivity contribution in [2.75, 3.05) is 6.54 Å². The number of pyridine rings is 1. The molecule has 0 unspecified atom stereocenters. The maximum absolute atomic E-state index is 13.7. The summed E-state index contributed by atoms with van der Waals surface area (Å²) in [6, 6.07) is 11.2. The van der Waals surface area contributed by atoms with E-state index in [1.807, 2.05) is 6.07 Å². The number of carbonyl (C=O) groups excluding carboxylic acids is 3. The molecule has 1 aromatic heterocycles. The van der Waals surface area contributed by atoms with E-state index >= 15 is 0 Å². The Labute approximate surface area is 231 Å². The van der Waals surface area contributed by atoms with Crippen LogP contribution in [0, 0.1) is 17.1 Å². The van der Waals surface area contributed by atoms with Crippen LogP contribution in [0.25, 0.3) is 11.1 Å². The summed E-state index contributed by atoms with van der Waals surface area (Å²) < 4.78 is 59.8. The second-order valence-corrected chi connectivity index (χ2v) is 9.90. The van der Waals surface area contributed by atoms with Gasteiger partial charge in [0.2, 0.25) is 11.5 Å². The fourth-order valence-electron chi connectivity index (χ4n) is 5.12. The van der Waals surface area contributed by atoms with Gasteiger partial charge in [-0.25, -0.2) is 14.1 Å². The molecule has 0 saturated carbocycles. The molecule has 2 aliphatic rings. The van der Waals surface area contributed by atoms with Crippen molar-refractivity contribution < 1.29 is 36.7 Å². The van der Waals surface area contributed by atoms with E-state index in [4.69, 9.17) is 10.00 Å². The molecule has 8 nitrogen and oxygen atoms in total. The zero-order chi connectivity index (χ0) is 29.5. The summed E-state index contributed by atoms with van der Waals surface area (Å²) >= 11 is 0. The minimum atomic E-state index is -4.79. The van der Waals surface area contributed by atoms with Crippen LogP contribution in [0.5, 0.6) is 0 Å². The summed E-state index contributed by atoms with van der Waals surface area (Å²) in [7, 11) is 0. The highest BCUT2D eigenvalue weighted by molar-refractivity contribution is 6.06. The van der Waals surface area contributed by atoms with E-state index in [1.165, 1.54) is 18.3 Å². The highest BCUT2D eigenvalue weighted by Crippen LogP contribution is 2.46. The van der Waals surface area contributed by atoms with Gasteiger partial charge in [0.25, 0.3) is 5.91 Å². The average molecular weight is 567 g/mol. The Balaban J connectivity index is 1.39. The van der Waals surface area contributed by atoms with Crippen molar-refractivity contribution in [3.05, 3.63) is 89.0 Å². The number of halogens is 4. The largest absolute Gasteiger partial charge is 0.427 e. The van der Waals surface area contributed by atoms with Crippen LogP contribution in [-0.4, -0.2) is 51.5 Å². The Morgan fingerprint density at radius 1 is 1.15 bits per heavy atom. The lowest BCUT2D eigenvalue weighted by molar-refractivity contribution is -0.187. The molecule has 12 heteroatoms. The third kappa shape index (κ3) is 5.11. The Hall–Kier alpha value is -4.79. The van der Waals surface area contributed by atoms with E-state index in [0.717, 1.165) is 24.6 Å². The lowest BCUT2D eigenvalue weighted by Crippen LogP contribution is -2.51. The van der Waals surface area contributed by atoms with Crippen LogP contribution >= 0.6 is 0 Å². The number of hydrogen-bond acceptors (Lipinski definition) is 6. The van der Waals surface area contributed by atoms with E-state index < -0.39 is 54.6 Å². The van der Waals surface area contributed by atoms with Gasteiger partial charge in [-0.3, -0.25) is 14.6 Å². The first-order valence-electron chi connectivity index (χ1n) is 12.6. The number of aromatic nitrogens is 1. The van der Waals surface area contributed by atoms with Gasteiger partial charge in [-0.1, -0.05) is 30.3 Å². The van der Waals surface area contributed by atoms with Gasteiger partial charge in [-0.2, -0.15) is 18.4 Å². The Morgan fingerprint density at radius 3 is 2.56 bits per heavy atom. The molecule has 1 fully saturated rings. The number of alkyl halides is 3. The molecule has 5 rings (SSSR count). The first-order valence-corrected chi connectivity index (χ1v) is 12.6. The molecule has 1 aliphatic heterocycles. The van der Waals surface area contributed by atoms with Crippen LogP contribution < -0.4 is 0 Å². The molecule has 0 radical (unpaired) electrons. The molecule has 2 heterocycles. The maximum atomic E-state index is 13.7. The minimum absolute atomic E-state index is 0.0930. The molecular weight excluding hydrogens is 544 g/mol. The van der Waals surface area contributed by atoms with Crippen molar-refractivity contribution in [2.24, 2.45) is 0 Å². The van der Waals surface area contributed by atoms with Crippen molar-refractivity contribution in [3.63, 3.8) is 0 Å². The monoisotopic (exact) mass is 566 g/mol. The number of amides is 3. The molecule has 1 aliphatic carbocycles. The van der Waals surface area contributed by atoms with Crippen LogP contribution in [0.15, 0.2) is 60.9 Å². The van der Waals surface area contributed by atoms with Crippen LogP contribution in [0.3, 0.4) is 0 Å². The van der Waals surface area contributed by atoms with Gasteiger partial charge in [0.05, 0.1) is 5.56 Å². The molecule has 0 N–H and O–H groups in total. The molecule has 0 bridgehead atoms. The Kier molecular flexibility index (Phi) is 6.98. The van der Waals surface area contributed by atoms with Gasteiger partial charge >= 0.3 is 12.3 Å². The molecule has 1 spiro atoms. The zero-order valence-corrected chi connectivity index (χ0v) is 21.6. The van der Waals surface area contributed by atoms with Gasteiger partial charge in [-0.15, -0.1) is 0 Å². The normalized spacial score (nSPS) is 18.7. The Bertz CT molecular complexity index is 1580. The van der Waals surface area contributed by atoms with Crippen molar-refractivity contribution in [3.8, 4) is 17.2 Å². The number of benzene rings is 2. The van der Waals surface area contributed by atoms with E-state index in [0.29, 0.717) is 38.5 Å². The highest BCUT2D eigenvalue weighted by Gasteiger charge is 2.58. The smallest absolute Gasteiger partial charge is 0.418 e. The quantitative estimate of drug-likeness (QED) is 0.395. The number of fused-ring (bicyclic) bond motifs is 2. The fourth-order valence-corrected chi connectivity index (χ4v) is 5.12. The number of nitrogens with zero attached hydrogens (tertiary/aromatic N) is 4. The number of aryl methyl sites for hydroxylation is 1. The SMILES string of the molecule is C[C@H](N(Cc1ccc(F)cc1)C(=O)CN1C(=O)O[C@@]2(CCc3cc(-c4cncc(C#N)c4)ccc32)C1=O)C(F)(F)F. The number of imide groups is 1. The van der Waals surface area contributed by atoms with E-state index in [2.05, 4.69) is 4.98 Å². The molecule has 1 saturated heterocycles. The Morgan fingerprint density at radius 2 is 1.88 bits per heavy atom. The van der Waals surface area contributed by atoms with Crippen molar-refractivity contribution >= 4 is 17.9 Å². The highest BCUT2D eigenvalue weighted by atomic mass is 19.4. The standard InChI is InChI=1S/C29H22F4N4O4/c1-17(29(31,32)33)36(15-18-2-5-23(30)6-3-18)25(38)16-37-26(39)28(41-27(37)40)9-8-21-11-20(4-7-24(21)28)22-10-19(12-34)13-35-14-22/h2-7,10-11,13-14,17H,8-9,15-16H2,1H3/t17-,28+/m0/s1. The van der Waals surface area contributed by atoms with Crippen molar-refractivity contribution in [1.29, 1.82) is 5.26 Å². The van der Waals surface area contributed by atoms with Gasteiger partial charge in [0, 0.05) is 36.5 Å². The van der Waals surface area contributed by atoms with Crippen molar-refractivity contribution in [2.45, 2.75) is 44.1 Å². The number of hydrogen-bond donors (Lipinski definition) is 0. The fraction of sp³-hybridized carbons (Fsp3) is 0.276.